The molecule has 0 fully saturated rings. The highest BCUT2D eigenvalue weighted by molar-refractivity contribution is 7.15. The van der Waals surface area contributed by atoms with E-state index in [1.165, 1.54) is 42.5 Å². The molecule has 4 nitrogen and oxygen atoms in total. The number of aryl methyl sites for hydroxylation is 2. The van der Waals surface area contributed by atoms with Crippen molar-refractivity contribution in [3.8, 4) is 10.8 Å². The monoisotopic (exact) mass is 277 g/mol. The molecule has 102 valence electrons. The minimum Gasteiger partial charge on any atom is -0.333 e. The zero-order chi connectivity index (χ0) is 13.2. The molecule has 19 heavy (non-hydrogen) atoms. The number of nitrogens with two attached hydrogens (primary N) is 1. The van der Waals surface area contributed by atoms with E-state index in [0.717, 1.165) is 11.3 Å². The van der Waals surface area contributed by atoms with Crippen LogP contribution in [0.3, 0.4) is 0 Å². The fourth-order valence-corrected chi connectivity index (χ4v) is 3.62. The summed E-state index contributed by atoms with van der Waals surface area (Å²) in [4.78, 5) is 7.01. The first-order valence-corrected chi connectivity index (χ1v) is 7.80. The third kappa shape index (κ3) is 2.58. The number of hydrogen-bond acceptors (Lipinski definition) is 5. The average Bonchev–Trinajstić information content (AvgIpc) is 3.01. The van der Waals surface area contributed by atoms with E-state index in [1.807, 2.05) is 6.92 Å². The van der Waals surface area contributed by atoms with Crippen LogP contribution in [0.5, 0.6) is 0 Å². The lowest BCUT2D eigenvalue weighted by Crippen LogP contribution is -2.10. The third-order valence-corrected chi connectivity index (χ3v) is 4.90. The van der Waals surface area contributed by atoms with E-state index in [4.69, 9.17) is 10.3 Å². The predicted molar refractivity (Wildman–Crippen MR) is 76.1 cm³/mol. The second kappa shape index (κ2) is 5.43. The van der Waals surface area contributed by atoms with Gasteiger partial charge in [0, 0.05) is 4.88 Å². The molecule has 0 amide bonds. The first-order chi connectivity index (χ1) is 9.28. The van der Waals surface area contributed by atoms with Gasteiger partial charge in [0.2, 0.25) is 0 Å². The first kappa shape index (κ1) is 12.8. The third-order valence-electron chi connectivity index (χ3n) is 3.67. The van der Waals surface area contributed by atoms with Crippen molar-refractivity contribution in [1.29, 1.82) is 0 Å². The van der Waals surface area contributed by atoms with Crippen LogP contribution >= 0.6 is 11.3 Å². The molecular formula is C14H19N3OS. The van der Waals surface area contributed by atoms with Crippen LogP contribution in [0.1, 0.15) is 54.9 Å². The molecule has 0 aliphatic heterocycles. The van der Waals surface area contributed by atoms with Gasteiger partial charge in [0.15, 0.2) is 5.82 Å². The summed E-state index contributed by atoms with van der Waals surface area (Å²) in [6.07, 6.45) is 7.12. The molecule has 3 rings (SSSR count). The van der Waals surface area contributed by atoms with E-state index < -0.39 is 0 Å². The largest absolute Gasteiger partial charge is 0.333 e. The van der Waals surface area contributed by atoms with Gasteiger partial charge < -0.3 is 10.3 Å². The Bertz CT molecular complexity index is 537. The molecule has 2 aromatic heterocycles. The smallest absolute Gasteiger partial charge is 0.268 e. The zero-order valence-corrected chi connectivity index (χ0v) is 12.0. The Morgan fingerprint density at radius 3 is 3.05 bits per heavy atom. The summed E-state index contributed by atoms with van der Waals surface area (Å²) in [6.45, 7) is 2.02. The maximum Gasteiger partial charge on any atom is 0.268 e. The molecule has 0 aromatic carbocycles. The lowest BCUT2D eigenvalue weighted by molar-refractivity contribution is 0.416. The standard InChI is InChI=1S/C14H19N3OS/c1-2-10(15)13-16-14(18-17-13)12-8-9-6-4-3-5-7-11(9)19-12/h8,10H,2-7,15H2,1H3. The van der Waals surface area contributed by atoms with E-state index in [0.29, 0.717) is 11.7 Å². The summed E-state index contributed by atoms with van der Waals surface area (Å²) in [5.41, 5.74) is 7.39. The molecule has 1 unspecified atom stereocenters. The van der Waals surface area contributed by atoms with Crippen molar-refractivity contribution >= 4 is 11.3 Å². The van der Waals surface area contributed by atoms with Gasteiger partial charge in [0.05, 0.1) is 10.9 Å². The van der Waals surface area contributed by atoms with E-state index >= 15 is 0 Å². The SMILES string of the molecule is CCC(N)c1noc(-c2cc3c(s2)CCCCC3)n1. The molecule has 0 spiro atoms. The van der Waals surface area contributed by atoms with Crippen LogP contribution in [0, 0.1) is 0 Å². The number of aromatic nitrogens is 2. The maximum atomic E-state index is 5.92. The molecule has 5 heteroatoms. The number of nitrogens with zero attached hydrogens (tertiary/aromatic N) is 2. The van der Waals surface area contributed by atoms with E-state index in [1.54, 1.807) is 11.3 Å². The van der Waals surface area contributed by atoms with Gasteiger partial charge in [-0.3, -0.25) is 0 Å². The molecule has 0 saturated heterocycles. The van der Waals surface area contributed by atoms with E-state index in [9.17, 15) is 0 Å². The van der Waals surface area contributed by atoms with Crippen molar-refractivity contribution in [3.05, 3.63) is 22.3 Å². The van der Waals surface area contributed by atoms with Crippen LogP contribution in [-0.2, 0) is 12.8 Å². The van der Waals surface area contributed by atoms with Crippen molar-refractivity contribution in [2.24, 2.45) is 5.73 Å². The molecule has 0 bridgehead atoms. The highest BCUT2D eigenvalue weighted by atomic mass is 32.1. The number of fused-ring (bicyclic) bond motifs is 1. The maximum absolute atomic E-state index is 5.92. The van der Waals surface area contributed by atoms with Crippen molar-refractivity contribution in [1.82, 2.24) is 10.1 Å². The zero-order valence-electron chi connectivity index (χ0n) is 11.2. The van der Waals surface area contributed by atoms with Gasteiger partial charge in [0.1, 0.15) is 0 Å². The Balaban J connectivity index is 1.88. The lowest BCUT2D eigenvalue weighted by Gasteiger charge is -1.99. The first-order valence-electron chi connectivity index (χ1n) is 6.99. The van der Waals surface area contributed by atoms with Crippen molar-refractivity contribution < 1.29 is 4.52 Å². The number of rotatable bonds is 3. The van der Waals surface area contributed by atoms with E-state index in [2.05, 4.69) is 16.2 Å². The minimum absolute atomic E-state index is 0.129. The summed E-state index contributed by atoms with van der Waals surface area (Å²) < 4.78 is 5.35. The van der Waals surface area contributed by atoms with Gasteiger partial charge in [-0.05, 0) is 43.7 Å². The van der Waals surface area contributed by atoms with Crippen LogP contribution in [0.25, 0.3) is 10.8 Å². The molecule has 0 saturated carbocycles. The number of thiophene rings is 1. The Morgan fingerprint density at radius 2 is 2.21 bits per heavy atom. The fraction of sp³-hybridized carbons (Fsp3) is 0.571. The summed E-state index contributed by atoms with van der Waals surface area (Å²) in [5.74, 6) is 1.23. The predicted octanol–water partition coefficient (Wildman–Crippen LogP) is 3.48. The molecule has 2 aromatic rings. The summed E-state index contributed by atoms with van der Waals surface area (Å²) in [7, 11) is 0. The second-order valence-electron chi connectivity index (χ2n) is 5.09. The Kier molecular flexibility index (Phi) is 3.66. The van der Waals surface area contributed by atoms with Crippen LogP contribution in [0.2, 0.25) is 0 Å². The van der Waals surface area contributed by atoms with Gasteiger partial charge >= 0.3 is 0 Å². The molecule has 1 aliphatic carbocycles. The Labute approximate surface area is 117 Å². The second-order valence-corrected chi connectivity index (χ2v) is 6.23. The van der Waals surface area contributed by atoms with E-state index in [-0.39, 0.29) is 6.04 Å². The molecule has 1 atom stereocenters. The molecule has 1 aliphatic rings. The number of hydrogen-bond donors (Lipinski definition) is 1. The fourth-order valence-electron chi connectivity index (χ4n) is 2.44. The molecular weight excluding hydrogens is 258 g/mol. The quantitative estimate of drug-likeness (QED) is 0.872. The van der Waals surface area contributed by atoms with Gasteiger partial charge in [-0.15, -0.1) is 11.3 Å². The van der Waals surface area contributed by atoms with Crippen LogP contribution in [-0.4, -0.2) is 10.1 Å². The minimum atomic E-state index is -0.129. The lowest BCUT2D eigenvalue weighted by atomic mass is 10.1. The molecule has 2 heterocycles. The highest BCUT2D eigenvalue weighted by Gasteiger charge is 2.18. The molecule has 0 radical (unpaired) electrons. The topological polar surface area (TPSA) is 64.9 Å². The summed E-state index contributed by atoms with van der Waals surface area (Å²) in [5, 5.41) is 3.98. The van der Waals surface area contributed by atoms with Crippen LogP contribution in [0.4, 0.5) is 0 Å². The van der Waals surface area contributed by atoms with Crippen LogP contribution < -0.4 is 5.73 Å². The highest BCUT2D eigenvalue weighted by Crippen LogP contribution is 2.34. The molecule has 2 N–H and O–H groups in total. The Hall–Kier alpha value is -1.20. The van der Waals surface area contributed by atoms with Crippen molar-refractivity contribution in [3.63, 3.8) is 0 Å². The average molecular weight is 277 g/mol. The van der Waals surface area contributed by atoms with Gasteiger partial charge in [-0.25, -0.2) is 0 Å². The summed E-state index contributed by atoms with van der Waals surface area (Å²) >= 11 is 1.80. The van der Waals surface area contributed by atoms with Crippen molar-refractivity contribution in [2.75, 3.05) is 0 Å². The van der Waals surface area contributed by atoms with Gasteiger partial charge in [0.25, 0.3) is 5.89 Å². The van der Waals surface area contributed by atoms with Crippen molar-refractivity contribution in [2.45, 2.75) is 51.5 Å². The van der Waals surface area contributed by atoms with Gasteiger partial charge in [-0.2, -0.15) is 4.98 Å². The Morgan fingerprint density at radius 1 is 1.37 bits per heavy atom. The van der Waals surface area contributed by atoms with Gasteiger partial charge in [-0.1, -0.05) is 18.5 Å². The summed E-state index contributed by atoms with van der Waals surface area (Å²) in [6, 6.07) is 2.09. The normalized spacial score (nSPS) is 16.9. The van der Waals surface area contributed by atoms with Crippen LogP contribution in [0.15, 0.2) is 10.6 Å².